The molecule has 0 bridgehead atoms. The molecule has 27 heavy (non-hydrogen) atoms. The number of esters is 3. The van der Waals surface area contributed by atoms with Crippen molar-refractivity contribution in [2.24, 2.45) is 0 Å². The summed E-state index contributed by atoms with van der Waals surface area (Å²) in [6.45, 7) is 4.51. The molecule has 0 aromatic rings. The van der Waals surface area contributed by atoms with Gasteiger partial charge >= 0.3 is 17.9 Å². The Morgan fingerprint density at radius 3 is 2.30 bits per heavy atom. The van der Waals surface area contributed by atoms with Gasteiger partial charge in [0, 0.05) is 19.3 Å². The molecule has 0 unspecified atom stereocenters. The monoisotopic (exact) mass is 386 g/mol. The van der Waals surface area contributed by atoms with Gasteiger partial charge in [0.2, 0.25) is 0 Å². The topological polar surface area (TPSA) is 118 Å². The highest BCUT2D eigenvalue weighted by atomic mass is 16.7. The molecule has 0 aromatic heterocycles. The second kappa shape index (κ2) is 11.5. The van der Waals surface area contributed by atoms with Crippen LogP contribution in [0.2, 0.25) is 0 Å². The van der Waals surface area contributed by atoms with Crippen molar-refractivity contribution in [1.29, 1.82) is 0 Å². The fraction of sp³-hybridized carbons (Fsp3) is 0.611. The van der Waals surface area contributed by atoms with E-state index >= 15 is 0 Å². The third kappa shape index (κ3) is 8.80. The van der Waals surface area contributed by atoms with E-state index in [0.717, 1.165) is 12.2 Å². The molecule has 5 atom stereocenters. The van der Waals surface area contributed by atoms with Gasteiger partial charge in [-0.3, -0.25) is 4.79 Å². The van der Waals surface area contributed by atoms with Crippen LogP contribution in [0.5, 0.6) is 0 Å². The number of cyclic esters (lactones) is 3. The van der Waals surface area contributed by atoms with Gasteiger partial charge in [-0.25, -0.2) is 9.59 Å². The molecular weight excluding hydrogens is 360 g/mol. The van der Waals surface area contributed by atoms with Crippen LogP contribution in [0.1, 0.15) is 27.2 Å². The van der Waals surface area contributed by atoms with Crippen molar-refractivity contribution in [3.05, 3.63) is 24.3 Å². The molecule has 1 rings (SSSR count). The smallest absolute Gasteiger partial charge is 0.330 e. The summed E-state index contributed by atoms with van der Waals surface area (Å²) in [4.78, 5) is 35.6. The van der Waals surface area contributed by atoms with Crippen LogP contribution < -0.4 is 0 Å². The number of carbonyl (C=O) groups is 3. The first kappa shape index (κ1) is 22.8. The lowest BCUT2D eigenvalue weighted by molar-refractivity contribution is -0.157. The molecule has 0 saturated heterocycles. The van der Waals surface area contributed by atoms with Gasteiger partial charge in [-0.2, -0.15) is 0 Å². The van der Waals surface area contributed by atoms with Gasteiger partial charge < -0.3 is 28.8 Å². The maximum Gasteiger partial charge on any atom is 0.330 e. The summed E-state index contributed by atoms with van der Waals surface area (Å²) in [6.07, 6.45) is 0.173. The standard InChI is InChI=1S/C18H26O9/c1-11-9-18(22)26-12(2)14(19)5-7-17(21)27-13(3)15(24-10-23-4)6-8-16(20)25-11/h5-8,11-15,19H,9-10H2,1-4H3/b7-5+,8-6+/t11-,12-,13-,14-,15+/m0/s1. The minimum Gasteiger partial charge on any atom is -0.459 e. The van der Waals surface area contributed by atoms with Crippen LogP contribution in [0, 0.1) is 0 Å². The molecule has 0 aromatic carbocycles. The fourth-order valence-corrected chi connectivity index (χ4v) is 2.13. The van der Waals surface area contributed by atoms with Gasteiger partial charge in [-0.05, 0) is 32.9 Å². The number of hydrogen-bond donors (Lipinski definition) is 1. The number of aliphatic hydroxyl groups is 1. The summed E-state index contributed by atoms with van der Waals surface area (Å²) in [7, 11) is 1.43. The molecule has 1 aliphatic heterocycles. The van der Waals surface area contributed by atoms with E-state index in [1.54, 1.807) is 13.8 Å². The van der Waals surface area contributed by atoms with Crippen LogP contribution in [-0.4, -0.2) is 67.4 Å². The van der Waals surface area contributed by atoms with Crippen LogP contribution >= 0.6 is 0 Å². The zero-order valence-electron chi connectivity index (χ0n) is 15.8. The first-order valence-electron chi connectivity index (χ1n) is 8.48. The third-order valence-corrected chi connectivity index (χ3v) is 3.56. The Morgan fingerprint density at radius 2 is 1.63 bits per heavy atom. The number of aliphatic hydroxyl groups excluding tert-OH is 1. The summed E-state index contributed by atoms with van der Waals surface area (Å²) in [5.74, 6) is -2.08. The normalized spacial score (nSPS) is 33.5. The molecule has 9 nitrogen and oxygen atoms in total. The highest BCUT2D eigenvalue weighted by molar-refractivity contribution is 5.83. The second-order valence-corrected chi connectivity index (χ2v) is 6.04. The van der Waals surface area contributed by atoms with Crippen molar-refractivity contribution >= 4 is 17.9 Å². The Hall–Kier alpha value is -2.23. The van der Waals surface area contributed by atoms with Crippen molar-refractivity contribution in [3.63, 3.8) is 0 Å². The van der Waals surface area contributed by atoms with Gasteiger partial charge in [0.05, 0.1) is 6.42 Å². The predicted molar refractivity (Wildman–Crippen MR) is 92.3 cm³/mol. The number of carbonyl (C=O) groups excluding carboxylic acids is 3. The minimum atomic E-state index is -1.21. The van der Waals surface area contributed by atoms with E-state index < -0.39 is 48.4 Å². The van der Waals surface area contributed by atoms with Crippen LogP contribution in [0.15, 0.2) is 24.3 Å². The van der Waals surface area contributed by atoms with E-state index in [0.29, 0.717) is 0 Å². The van der Waals surface area contributed by atoms with E-state index in [2.05, 4.69) is 0 Å². The van der Waals surface area contributed by atoms with Crippen molar-refractivity contribution < 1.29 is 43.2 Å². The molecule has 0 fully saturated rings. The summed E-state index contributed by atoms with van der Waals surface area (Å²) in [5, 5.41) is 9.96. The van der Waals surface area contributed by atoms with E-state index in [-0.39, 0.29) is 13.2 Å². The van der Waals surface area contributed by atoms with Crippen molar-refractivity contribution in [2.45, 2.75) is 57.7 Å². The molecule has 0 radical (unpaired) electrons. The van der Waals surface area contributed by atoms with Gasteiger partial charge in [-0.1, -0.05) is 0 Å². The van der Waals surface area contributed by atoms with Gasteiger partial charge in [0.25, 0.3) is 0 Å². The van der Waals surface area contributed by atoms with Crippen molar-refractivity contribution in [2.75, 3.05) is 13.9 Å². The van der Waals surface area contributed by atoms with E-state index in [4.69, 9.17) is 23.7 Å². The Morgan fingerprint density at radius 1 is 1.00 bits per heavy atom. The lowest BCUT2D eigenvalue weighted by Crippen LogP contribution is -2.31. The molecule has 152 valence electrons. The maximum atomic E-state index is 11.9. The lowest BCUT2D eigenvalue weighted by Gasteiger charge is -2.22. The van der Waals surface area contributed by atoms with E-state index in [1.807, 2.05) is 0 Å². The van der Waals surface area contributed by atoms with E-state index in [1.165, 1.54) is 26.2 Å². The van der Waals surface area contributed by atoms with Crippen LogP contribution in [0.4, 0.5) is 0 Å². The molecule has 0 amide bonds. The Balaban J connectivity index is 2.99. The van der Waals surface area contributed by atoms with Crippen molar-refractivity contribution in [1.82, 2.24) is 0 Å². The third-order valence-electron chi connectivity index (χ3n) is 3.56. The van der Waals surface area contributed by atoms with Crippen LogP contribution in [-0.2, 0) is 38.1 Å². The lowest BCUT2D eigenvalue weighted by atomic mass is 10.2. The summed E-state index contributed by atoms with van der Waals surface area (Å²) >= 11 is 0. The highest BCUT2D eigenvalue weighted by Crippen LogP contribution is 2.10. The molecule has 0 spiro atoms. The first-order chi connectivity index (χ1) is 12.7. The molecule has 0 saturated carbocycles. The quantitative estimate of drug-likeness (QED) is 0.424. The molecule has 1 heterocycles. The summed E-state index contributed by atoms with van der Waals surface area (Å²) in [5.41, 5.74) is 0. The SMILES string of the molecule is COCO[C@@H]1/C=C/C(=O)O[C@@H](C)CC(=O)O[C@@H](C)[C@@H](O)/C=C/C(=O)O[C@H]1C. The second-order valence-electron chi connectivity index (χ2n) is 6.04. The van der Waals surface area contributed by atoms with Crippen LogP contribution in [0.3, 0.4) is 0 Å². The average molecular weight is 386 g/mol. The number of methoxy groups -OCH3 is 1. The molecule has 1 aliphatic rings. The largest absolute Gasteiger partial charge is 0.459 e. The fourth-order valence-electron chi connectivity index (χ4n) is 2.13. The van der Waals surface area contributed by atoms with E-state index in [9.17, 15) is 19.5 Å². The Bertz CT molecular complexity index is 569. The number of ether oxygens (including phenoxy) is 5. The molecular formula is C18H26O9. The first-order valence-corrected chi connectivity index (χ1v) is 8.48. The number of rotatable bonds is 3. The van der Waals surface area contributed by atoms with Crippen LogP contribution in [0.25, 0.3) is 0 Å². The van der Waals surface area contributed by atoms with Gasteiger partial charge in [0.15, 0.2) is 0 Å². The van der Waals surface area contributed by atoms with Gasteiger partial charge in [0.1, 0.15) is 37.3 Å². The Labute approximate surface area is 157 Å². The average Bonchev–Trinajstić information content (AvgIpc) is 2.58. The zero-order valence-corrected chi connectivity index (χ0v) is 15.8. The molecule has 1 N–H and O–H groups in total. The maximum absolute atomic E-state index is 11.9. The molecule has 9 heteroatoms. The summed E-state index contributed by atoms with van der Waals surface area (Å²) < 4.78 is 25.6. The molecule has 0 aliphatic carbocycles. The summed E-state index contributed by atoms with van der Waals surface area (Å²) in [6, 6.07) is 0. The number of hydrogen-bond acceptors (Lipinski definition) is 9. The highest BCUT2D eigenvalue weighted by Gasteiger charge is 2.22. The zero-order chi connectivity index (χ0) is 20.4. The Kier molecular flexibility index (Phi) is 9.70. The van der Waals surface area contributed by atoms with Crippen molar-refractivity contribution in [3.8, 4) is 0 Å². The predicted octanol–water partition coefficient (Wildman–Crippen LogP) is 0.648. The van der Waals surface area contributed by atoms with Gasteiger partial charge in [-0.15, -0.1) is 0 Å². The minimum absolute atomic E-state index is 0.0831.